The van der Waals surface area contributed by atoms with Crippen LogP contribution in [-0.4, -0.2) is 23.1 Å². The first-order valence-corrected chi connectivity index (χ1v) is 9.25. The van der Waals surface area contributed by atoms with Crippen molar-refractivity contribution in [3.63, 3.8) is 0 Å². The molecule has 0 saturated heterocycles. The lowest BCUT2D eigenvalue weighted by atomic mass is 10.2. The molecule has 1 amide bonds. The number of aryl methyl sites for hydroxylation is 1. The maximum atomic E-state index is 12.5. The second kappa shape index (κ2) is 8.43. The quantitative estimate of drug-likeness (QED) is 0.495. The Morgan fingerprint density at radius 1 is 1.03 bits per heavy atom. The van der Waals surface area contributed by atoms with Gasteiger partial charge in [0.15, 0.2) is 5.76 Å². The summed E-state index contributed by atoms with van der Waals surface area (Å²) in [4.78, 5) is 18.8. The lowest BCUT2D eigenvalue weighted by molar-refractivity contribution is -0.116. The second-order valence-corrected chi connectivity index (χ2v) is 6.45. The minimum atomic E-state index is -0.128. The second-order valence-electron chi connectivity index (χ2n) is 6.45. The van der Waals surface area contributed by atoms with Crippen LogP contribution in [-0.2, 0) is 11.2 Å². The molecular formula is C22H20N4O3. The third-order valence-corrected chi connectivity index (χ3v) is 4.46. The highest BCUT2D eigenvalue weighted by Gasteiger charge is 2.14. The molecule has 7 heteroatoms. The Morgan fingerprint density at radius 2 is 1.83 bits per heavy atom. The van der Waals surface area contributed by atoms with Crippen molar-refractivity contribution in [2.45, 2.75) is 12.8 Å². The predicted octanol–water partition coefficient (Wildman–Crippen LogP) is 4.67. The molecule has 0 aliphatic rings. The van der Waals surface area contributed by atoms with Crippen molar-refractivity contribution in [3.05, 3.63) is 78.9 Å². The van der Waals surface area contributed by atoms with Gasteiger partial charge in [-0.25, -0.2) is 0 Å². The lowest BCUT2D eigenvalue weighted by Crippen LogP contribution is -2.17. The monoisotopic (exact) mass is 388 g/mol. The van der Waals surface area contributed by atoms with Crippen LogP contribution in [0.2, 0.25) is 0 Å². The summed E-state index contributed by atoms with van der Waals surface area (Å²) >= 11 is 0. The van der Waals surface area contributed by atoms with Gasteiger partial charge in [0, 0.05) is 25.6 Å². The number of hydrogen-bond donors (Lipinski definition) is 1. The molecule has 0 saturated carbocycles. The molecule has 29 heavy (non-hydrogen) atoms. The predicted molar refractivity (Wildman–Crippen MR) is 110 cm³/mol. The Bertz CT molecular complexity index is 1070. The fraction of sp³-hybridized carbons (Fsp3) is 0.136. The van der Waals surface area contributed by atoms with E-state index in [1.165, 1.54) is 0 Å². The number of carbonyl (C=O) groups excluding carboxylic acids is 1. The van der Waals surface area contributed by atoms with Crippen LogP contribution in [0.3, 0.4) is 0 Å². The normalized spacial score (nSPS) is 10.7. The van der Waals surface area contributed by atoms with Gasteiger partial charge in [0.2, 0.25) is 17.6 Å². The zero-order valence-electron chi connectivity index (χ0n) is 15.9. The molecule has 1 N–H and O–H groups in total. The number of furan rings is 1. The fourth-order valence-corrected chi connectivity index (χ4v) is 2.96. The van der Waals surface area contributed by atoms with Gasteiger partial charge in [-0.2, -0.15) is 4.98 Å². The number of nitrogens with one attached hydrogen (secondary N) is 1. The Balaban J connectivity index is 1.40. The van der Waals surface area contributed by atoms with Gasteiger partial charge < -0.3 is 19.2 Å². The summed E-state index contributed by atoms with van der Waals surface area (Å²) in [7, 11) is 1.97. The molecular weight excluding hydrogens is 368 g/mol. The van der Waals surface area contributed by atoms with Crippen molar-refractivity contribution in [1.82, 2.24) is 10.1 Å². The SMILES string of the molecule is CN(c1ccccc1)c1ccccc1NC(=O)CCc1nc(-c2ccco2)no1. The van der Waals surface area contributed by atoms with E-state index in [2.05, 4.69) is 15.5 Å². The standard InChI is InChI=1S/C22H20N4O3/c1-26(16-8-3-2-4-9-16)18-11-6-5-10-17(18)23-20(27)13-14-21-24-22(25-29-21)19-12-7-15-28-19/h2-12,15H,13-14H2,1H3,(H,23,27). The lowest BCUT2D eigenvalue weighted by Gasteiger charge is -2.22. The van der Waals surface area contributed by atoms with E-state index in [4.69, 9.17) is 8.94 Å². The first-order valence-electron chi connectivity index (χ1n) is 9.25. The zero-order valence-corrected chi connectivity index (χ0v) is 15.9. The molecule has 0 unspecified atom stereocenters. The molecule has 0 atom stereocenters. The van der Waals surface area contributed by atoms with Crippen molar-refractivity contribution < 1.29 is 13.7 Å². The minimum absolute atomic E-state index is 0.128. The van der Waals surface area contributed by atoms with Crippen LogP contribution < -0.4 is 10.2 Å². The highest BCUT2D eigenvalue weighted by molar-refractivity contribution is 5.95. The average Bonchev–Trinajstić information content (AvgIpc) is 3.45. The van der Waals surface area contributed by atoms with Gasteiger partial charge in [0.25, 0.3) is 0 Å². The number of rotatable bonds is 7. The largest absolute Gasteiger partial charge is 0.461 e. The fourth-order valence-electron chi connectivity index (χ4n) is 2.96. The summed E-state index contributed by atoms with van der Waals surface area (Å²) in [5.41, 5.74) is 2.68. The Hall–Kier alpha value is -3.87. The number of para-hydroxylation sites is 3. The Labute approximate surface area is 168 Å². The van der Waals surface area contributed by atoms with Gasteiger partial charge in [0.1, 0.15) is 0 Å². The summed E-state index contributed by atoms with van der Waals surface area (Å²) in [5.74, 6) is 1.17. The third kappa shape index (κ3) is 4.35. The van der Waals surface area contributed by atoms with Crippen molar-refractivity contribution in [1.29, 1.82) is 0 Å². The average molecular weight is 388 g/mol. The number of benzene rings is 2. The van der Waals surface area contributed by atoms with Gasteiger partial charge in [-0.3, -0.25) is 4.79 Å². The van der Waals surface area contributed by atoms with E-state index in [-0.39, 0.29) is 12.3 Å². The summed E-state index contributed by atoms with van der Waals surface area (Å²) in [6.07, 6.45) is 2.11. The molecule has 0 fully saturated rings. The van der Waals surface area contributed by atoms with Crippen LogP contribution >= 0.6 is 0 Å². The smallest absolute Gasteiger partial charge is 0.238 e. The molecule has 7 nitrogen and oxygen atoms in total. The molecule has 0 aliphatic carbocycles. The highest BCUT2D eigenvalue weighted by atomic mass is 16.5. The maximum absolute atomic E-state index is 12.5. The van der Waals surface area contributed by atoms with Gasteiger partial charge in [-0.15, -0.1) is 0 Å². The van der Waals surface area contributed by atoms with E-state index in [0.717, 1.165) is 17.1 Å². The number of amides is 1. The molecule has 0 bridgehead atoms. The van der Waals surface area contributed by atoms with E-state index >= 15 is 0 Å². The Morgan fingerprint density at radius 3 is 2.62 bits per heavy atom. The van der Waals surface area contributed by atoms with Crippen LogP contribution in [0.1, 0.15) is 12.3 Å². The van der Waals surface area contributed by atoms with E-state index in [1.54, 1.807) is 18.4 Å². The summed E-state index contributed by atoms with van der Waals surface area (Å²) in [6, 6.07) is 21.2. The molecule has 146 valence electrons. The number of anilines is 3. The molecule has 0 spiro atoms. The molecule has 2 aromatic carbocycles. The maximum Gasteiger partial charge on any atom is 0.238 e. The molecule has 0 radical (unpaired) electrons. The van der Waals surface area contributed by atoms with Gasteiger partial charge in [0.05, 0.1) is 17.6 Å². The Kier molecular flexibility index (Phi) is 5.38. The van der Waals surface area contributed by atoms with Gasteiger partial charge in [-0.05, 0) is 36.4 Å². The van der Waals surface area contributed by atoms with E-state index in [9.17, 15) is 4.79 Å². The number of carbonyl (C=O) groups is 1. The van der Waals surface area contributed by atoms with Crippen LogP contribution in [0, 0.1) is 0 Å². The molecule has 0 aliphatic heterocycles. The zero-order chi connectivity index (χ0) is 20.1. The van der Waals surface area contributed by atoms with Crippen molar-refractivity contribution >= 4 is 23.0 Å². The molecule has 4 rings (SSSR count). The topological polar surface area (TPSA) is 84.4 Å². The van der Waals surface area contributed by atoms with E-state index in [0.29, 0.717) is 23.9 Å². The molecule has 2 aromatic heterocycles. The van der Waals surface area contributed by atoms with Crippen LogP contribution in [0.25, 0.3) is 11.6 Å². The van der Waals surface area contributed by atoms with Crippen molar-refractivity contribution in [2.75, 3.05) is 17.3 Å². The summed E-state index contributed by atoms with van der Waals surface area (Å²) in [5, 5.41) is 6.85. The summed E-state index contributed by atoms with van der Waals surface area (Å²) in [6.45, 7) is 0. The first-order chi connectivity index (χ1) is 14.2. The van der Waals surface area contributed by atoms with E-state index < -0.39 is 0 Å². The van der Waals surface area contributed by atoms with E-state index in [1.807, 2.05) is 66.5 Å². The highest BCUT2D eigenvalue weighted by Crippen LogP contribution is 2.30. The summed E-state index contributed by atoms with van der Waals surface area (Å²) < 4.78 is 10.4. The first kappa shape index (κ1) is 18.5. The van der Waals surface area contributed by atoms with Crippen LogP contribution in [0.15, 0.2) is 81.9 Å². The molecule has 2 heterocycles. The number of aromatic nitrogens is 2. The number of nitrogens with zero attached hydrogens (tertiary/aromatic N) is 3. The van der Waals surface area contributed by atoms with Gasteiger partial charge in [-0.1, -0.05) is 35.5 Å². The third-order valence-electron chi connectivity index (χ3n) is 4.46. The number of hydrogen-bond acceptors (Lipinski definition) is 6. The molecule has 4 aromatic rings. The minimum Gasteiger partial charge on any atom is -0.461 e. The van der Waals surface area contributed by atoms with Crippen molar-refractivity contribution in [3.8, 4) is 11.6 Å². The van der Waals surface area contributed by atoms with Gasteiger partial charge >= 0.3 is 0 Å². The van der Waals surface area contributed by atoms with Crippen LogP contribution in [0.5, 0.6) is 0 Å². The van der Waals surface area contributed by atoms with Crippen LogP contribution in [0.4, 0.5) is 17.1 Å². The van der Waals surface area contributed by atoms with Crippen molar-refractivity contribution in [2.24, 2.45) is 0 Å².